The second-order valence-corrected chi connectivity index (χ2v) is 4.14. The van der Waals surface area contributed by atoms with Gasteiger partial charge in [0.15, 0.2) is 0 Å². The number of carboxylic acid groups (broad SMARTS) is 1. The van der Waals surface area contributed by atoms with Crippen LogP contribution in [0.2, 0.25) is 0 Å². The summed E-state index contributed by atoms with van der Waals surface area (Å²) in [6.07, 6.45) is 0. The summed E-state index contributed by atoms with van der Waals surface area (Å²) in [5.41, 5.74) is 7.76. The van der Waals surface area contributed by atoms with Gasteiger partial charge in [-0.3, -0.25) is 0 Å². The Morgan fingerprint density at radius 3 is 2.47 bits per heavy atom. The molecule has 0 saturated heterocycles. The van der Waals surface area contributed by atoms with E-state index in [1.807, 2.05) is 24.3 Å². The van der Waals surface area contributed by atoms with E-state index in [2.05, 4.69) is 0 Å². The molecule has 3 N–H and O–H groups in total. The molecular formula is C15H15NO3. The van der Waals surface area contributed by atoms with Gasteiger partial charge in [-0.05, 0) is 35.4 Å². The van der Waals surface area contributed by atoms with E-state index in [1.54, 1.807) is 24.3 Å². The van der Waals surface area contributed by atoms with Crippen molar-refractivity contribution in [3.05, 3.63) is 65.2 Å². The third-order valence-electron chi connectivity index (χ3n) is 2.74. The highest BCUT2D eigenvalue weighted by Crippen LogP contribution is 2.15. The van der Waals surface area contributed by atoms with Gasteiger partial charge in [-0.1, -0.05) is 24.3 Å². The van der Waals surface area contributed by atoms with Crippen molar-refractivity contribution in [2.24, 2.45) is 5.73 Å². The van der Waals surface area contributed by atoms with Crippen LogP contribution >= 0.6 is 0 Å². The molecule has 0 unspecified atom stereocenters. The van der Waals surface area contributed by atoms with Crippen molar-refractivity contribution < 1.29 is 14.6 Å². The molecule has 0 aromatic heterocycles. The number of hydrogen-bond donors (Lipinski definition) is 2. The zero-order chi connectivity index (χ0) is 13.7. The number of ether oxygens (including phenoxy) is 1. The van der Waals surface area contributed by atoms with Crippen LogP contribution in [0.15, 0.2) is 48.5 Å². The lowest BCUT2D eigenvalue weighted by Crippen LogP contribution is -2.00. The molecule has 0 atom stereocenters. The largest absolute Gasteiger partial charge is 0.489 e. The number of carboxylic acids is 1. The van der Waals surface area contributed by atoms with Crippen LogP contribution in [0.4, 0.5) is 0 Å². The van der Waals surface area contributed by atoms with Gasteiger partial charge in [-0.2, -0.15) is 0 Å². The molecule has 0 radical (unpaired) electrons. The van der Waals surface area contributed by atoms with Crippen LogP contribution < -0.4 is 10.5 Å². The van der Waals surface area contributed by atoms with E-state index in [0.717, 1.165) is 16.9 Å². The molecule has 4 nitrogen and oxygen atoms in total. The average Bonchev–Trinajstić information content (AvgIpc) is 2.46. The van der Waals surface area contributed by atoms with E-state index in [4.69, 9.17) is 15.6 Å². The summed E-state index contributed by atoms with van der Waals surface area (Å²) in [6.45, 7) is 0.873. The predicted molar refractivity (Wildman–Crippen MR) is 72.1 cm³/mol. The zero-order valence-electron chi connectivity index (χ0n) is 10.4. The maximum atomic E-state index is 10.7. The Labute approximate surface area is 111 Å². The Balaban J connectivity index is 1.99. The van der Waals surface area contributed by atoms with Gasteiger partial charge in [-0.15, -0.1) is 0 Å². The van der Waals surface area contributed by atoms with Crippen LogP contribution in [0.25, 0.3) is 0 Å². The maximum Gasteiger partial charge on any atom is 0.335 e. The first-order valence-corrected chi connectivity index (χ1v) is 5.93. The summed E-state index contributed by atoms with van der Waals surface area (Å²) in [6, 6.07) is 14.2. The molecule has 0 spiro atoms. The molecule has 0 amide bonds. The van der Waals surface area contributed by atoms with Crippen molar-refractivity contribution in [3.8, 4) is 5.75 Å². The number of hydrogen-bond acceptors (Lipinski definition) is 3. The van der Waals surface area contributed by atoms with Crippen LogP contribution in [-0.2, 0) is 13.2 Å². The molecule has 0 saturated carbocycles. The van der Waals surface area contributed by atoms with E-state index in [-0.39, 0.29) is 5.56 Å². The monoisotopic (exact) mass is 257 g/mol. The highest BCUT2D eigenvalue weighted by Gasteiger charge is 2.02. The van der Waals surface area contributed by atoms with Crippen molar-refractivity contribution in [1.29, 1.82) is 0 Å². The van der Waals surface area contributed by atoms with Crippen molar-refractivity contribution in [2.75, 3.05) is 0 Å². The molecule has 0 heterocycles. The Kier molecular flexibility index (Phi) is 4.15. The Hall–Kier alpha value is -2.33. The first kappa shape index (κ1) is 13.1. The van der Waals surface area contributed by atoms with E-state index in [1.165, 1.54) is 0 Å². The minimum Gasteiger partial charge on any atom is -0.489 e. The lowest BCUT2D eigenvalue weighted by molar-refractivity contribution is 0.0697. The smallest absolute Gasteiger partial charge is 0.335 e. The predicted octanol–water partition coefficient (Wildman–Crippen LogP) is 2.42. The van der Waals surface area contributed by atoms with Gasteiger partial charge < -0.3 is 15.6 Å². The van der Waals surface area contributed by atoms with Crippen molar-refractivity contribution in [1.82, 2.24) is 0 Å². The van der Waals surface area contributed by atoms with Crippen LogP contribution in [0.1, 0.15) is 21.5 Å². The summed E-state index contributed by atoms with van der Waals surface area (Å²) in [5.74, 6) is -0.173. The van der Waals surface area contributed by atoms with E-state index < -0.39 is 5.97 Å². The van der Waals surface area contributed by atoms with Crippen LogP contribution in [0.3, 0.4) is 0 Å². The average molecular weight is 257 g/mol. The van der Waals surface area contributed by atoms with E-state index in [9.17, 15) is 4.79 Å². The van der Waals surface area contributed by atoms with Gasteiger partial charge in [0.05, 0.1) is 5.56 Å². The minimum atomic E-state index is -0.928. The van der Waals surface area contributed by atoms with Gasteiger partial charge in [0.25, 0.3) is 0 Å². The molecule has 2 aromatic carbocycles. The van der Waals surface area contributed by atoms with Crippen LogP contribution in [-0.4, -0.2) is 11.1 Å². The normalized spacial score (nSPS) is 10.2. The summed E-state index contributed by atoms with van der Waals surface area (Å²) in [4.78, 5) is 10.7. The summed E-state index contributed by atoms with van der Waals surface area (Å²) >= 11 is 0. The quantitative estimate of drug-likeness (QED) is 0.862. The number of rotatable bonds is 5. The summed E-state index contributed by atoms with van der Waals surface area (Å²) < 4.78 is 5.63. The number of benzene rings is 2. The topological polar surface area (TPSA) is 72.5 Å². The molecular weight excluding hydrogens is 242 g/mol. The molecule has 0 fully saturated rings. The SMILES string of the molecule is NCc1cccc(OCc2ccc(C(=O)O)cc2)c1. The first-order valence-electron chi connectivity index (χ1n) is 5.93. The Bertz CT molecular complexity index is 564. The van der Waals surface area contributed by atoms with Crippen LogP contribution in [0.5, 0.6) is 5.75 Å². The van der Waals surface area contributed by atoms with Gasteiger partial charge in [0.1, 0.15) is 12.4 Å². The molecule has 0 bridgehead atoms. The maximum absolute atomic E-state index is 10.7. The molecule has 98 valence electrons. The number of nitrogens with two attached hydrogens (primary N) is 1. The van der Waals surface area contributed by atoms with Crippen molar-refractivity contribution in [3.63, 3.8) is 0 Å². The van der Waals surface area contributed by atoms with Crippen molar-refractivity contribution >= 4 is 5.97 Å². The molecule has 2 rings (SSSR count). The Morgan fingerprint density at radius 1 is 1.11 bits per heavy atom. The number of aromatic carboxylic acids is 1. The number of carbonyl (C=O) groups is 1. The van der Waals surface area contributed by atoms with Gasteiger partial charge in [-0.25, -0.2) is 4.79 Å². The second-order valence-electron chi connectivity index (χ2n) is 4.14. The standard InChI is InChI=1S/C15H15NO3/c16-9-12-2-1-3-14(8-12)19-10-11-4-6-13(7-5-11)15(17)18/h1-8H,9-10,16H2,(H,17,18). The third kappa shape index (κ3) is 3.56. The highest BCUT2D eigenvalue weighted by molar-refractivity contribution is 5.87. The van der Waals surface area contributed by atoms with E-state index >= 15 is 0 Å². The van der Waals surface area contributed by atoms with Crippen molar-refractivity contribution in [2.45, 2.75) is 13.2 Å². The molecule has 0 aliphatic rings. The second kappa shape index (κ2) is 6.02. The summed E-state index contributed by atoms with van der Waals surface area (Å²) in [5, 5.41) is 8.80. The van der Waals surface area contributed by atoms with Gasteiger partial charge in [0, 0.05) is 6.54 Å². The molecule has 4 heteroatoms. The fourth-order valence-electron chi connectivity index (χ4n) is 1.67. The molecule has 19 heavy (non-hydrogen) atoms. The Morgan fingerprint density at radius 2 is 1.84 bits per heavy atom. The van der Waals surface area contributed by atoms with Gasteiger partial charge in [0.2, 0.25) is 0 Å². The zero-order valence-corrected chi connectivity index (χ0v) is 10.4. The third-order valence-corrected chi connectivity index (χ3v) is 2.74. The fourth-order valence-corrected chi connectivity index (χ4v) is 1.67. The summed E-state index contributed by atoms with van der Waals surface area (Å²) in [7, 11) is 0. The fraction of sp³-hybridized carbons (Fsp3) is 0.133. The molecule has 2 aromatic rings. The van der Waals surface area contributed by atoms with Crippen LogP contribution in [0, 0.1) is 0 Å². The van der Waals surface area contributed by atoms with E-state index in [0.29, 0.717) is 13.2 Å². The lowest BCUT2D eigenvalue weighted by Gasteiger charge is -2.07. The highest BCUT2D eigenvalue weighted by atomic mass is 16.5. The van der Waals surface area contributed by atoms with Gasteiger partial charge >= 0.3 is 5.97 Å². The molecule has 0 aliphatic carbocycles. The lowest BCUT2D eigenvalue weighted by atomic mass is 10.1. The minimum absolute atomic E-state index is 0.272. The first-order chi connectivity index (χ1) is 9.19. The molecule has 0 aliphatic heterocycles.